The number of rotatable bonds is 8. The van der Waals surface area contributed by atoms with Crippen LogP contribution in [0.25, 0.3) is 0 Å². The number of fused-ring (bicyclic) bond motifs is 1. The molecular weight excluding hydrogens is 372 g/mol. The minimum Gasteiger partial charge on any atom is -0.480 e. The van der Waals surface area contributed by atoms with E-state index in [4.69, 9.17) is 4.11 Å². The van der Waals surface area contributed by atoms with Gasteiger partial charge in [-0.1, -0.05) is 43.2 Å². The summed E-state index contributed by atoms with van der Waals surface area (Å²) in [6, 6.07) is 4.71. The average molecular weight is 406 g/mol. The van der Waals surface area contributed by atoms with Crippen LogP contribution in [0.4, 0.5) is 0 Å². The highest BCUT2D eigenvalue weighted by Gasteiger charge is 2.48. The SMILES string of the molecule is [2H]C([2H])([2H])C(NC(CCc1ccccc1)C(=O)O)C(=O)N1C(C(=O)O)CC2CCCCC21. The molecule has 1 saturated heterocycles. The fourth-order valence-electron chi connectivity index (χ4n) is 4.65. The van der Waals surface area contributed by atoms with Crippen molar-refractivity contribution in [3.63, 3.8) is 0 Å². The van der Waals surface area contributed by atoms with E-state index in [-0.39, 0.29) is 18.4 Å². The highest BCUT2D eigenvalue weighted by atomic mass is 16.4. The molecule has 1 aromatic rings. The predicted molar refractivity (Wildman–Crippen MR) is 107 cm³/mol. The summed E-state index contributed by atoms with van der Waals surface area (Å²) in [6.45, 7) is -2.83. The maximum absolute atomic E-state index is 13.4. The van der Waals surface area contributed by atoms with Crippen molar-refractivity contribution >= 4 is 17.8 Å². The van der Waals surface area contributed by atoms with E-state index in [2.05, 4.69) is 5.32 Å². The van der Waals surface area contributed by atoms with Gasteiger partial charge in [0.1, 0.15) is 12.1 Å². The van der Waals surface area contributed by atoms with Gasteiger partial charge in [0.15, 0.2) is 0 Å². The quantitative estimate of drug-likeness (QED) is 0.613. The van der Waals surface area contributed by atoms with Crippen LogP contribution in [0.1, 0.15) is 55.1 Å². The third-order valence-electron chi connectivity index (χ3n) is 6.10. The Bertz CT molecular complexity index is 833. The fourth-order valence-corrected chi connectivity index (χ4v) is 4.65. The first kappa shape index (κ1) is 17.4. The molecule has 3 rings (SSSR count). The molecule has 3 N–H and O–H groups in total. The second-order valence-electron chi connectivity index (χ2n) is 7.96. The van der Waals surface area contributed by atoms with E-state index in [1.807, 2.05) is 30.3 Å². The number of carboxylic acids is 2. The fraction of sp³-hybridized carbons (Fsp3) is 0.591. The Labute approximate surface area is 175 Å². The number of hydrogen-bond donors (Lipinski definition) is 3. The summed E-state index contributed by atoms with van der Waals surface area (Å²) in [6.07, 6.45) is 4.01. The number of carbonyl (C=O) groups is 3. The number of carboxylic acid groups (broad SMARTS) is 2. The van der Waals surface area contributed by atoms with Crippen molar-refractivity contribution in [1.82, 2.24) is 10.2 Å². The predicted octanol–water partition coefficient (Wildman–Crippen LogP) is 2.29. The number of hydrogen-bond acceptors (Lipinski definition) is 4. The molecule has 7 heteroatoms. The van der Waals surface area contributed by atoms with Crippen molar-refractivity contribution < 1.29 is 28.7 Å². The molecule has 5 unspecified atom stereocenters. The van der Waals surface area contributed by atoms with Gasteiger partial charge in [0, 0.05) is 10.2 Å². The Kier molecular flexibility index (Phi) is 5.65. The van der Waals surface area contributed by atoms with Crippen LogP contribution in [0.5, 0.6) is 0 Å². The van der Waals surface area contributed by atoms with Gasteiger partial charge in [-0.2, -0.15) is 0 Å². The number of carbonyl (C=O) groups excluding carboxylic acids is 1. The lowest BCUT2D eigenvalue weighted by Crippen LogP contribution is -2.55. The van der Waals surface area contributed by atoms with E-state index in [1.165, 1.54) is 4.90 Å². The summed E-state index contributed by atoms with van der Waals surface area (Å²) in [5.74, 6) is -3.23. The van der Waals surface area contributed by atoms with Crippen molar-refractivity contribution in [3.8, 4) is 0 Å². The Morgan fingerprint density at radius 2 is 1.93 bits per heavy atom. The van der Waals surface area contributed by atoms with E-state index < -0.39 is 42.8 Å². The van der Waals surface area contributed by atoms with Crippen molar-refractivity contribution in [2.24, 2.45) is 5.92 Å². The Hall–Kier alpha value is -2.41. The molecule has 7 nitrogen and oxygen atoms in total. The van der Waals surface area contributed by atoms with Gasteiger partial charge in [-0.05, 0) is 50.4 Å². The van der Waals surface area contributed by atoms with Gasteiger partial charge in [-0.15, -0.1) is 0 Å². The Morgan fingerprint density at radius 1 is 1.21 bits per heavy atom. The molecule has 2 fully saturated rings. The average Bonchev–Trinajstić information content (AvgIpc) is 3.13. The van der Waals surface area contributed by atoms with Gasteiger partial charge in [0.05, 0.1) is 6.04 Å². The van der Waals surface area contributed by atoms with Crippen molar-refractivity contribution in [1.29, 1.82) is 0 Å². The minimum atomic E-state index is -2.83. The lowest BCUT2D eigenvalue weighted by Gasteiger charge is -2.35. The highest BCUT2D eigenvalue weighted by Crippen LogP contribution is 2.40. The number of amides is 1. The largest absolute Gasteiger partial charge is 0.480 e. The molecule has 1 aliphatic heterocycles. The summed E-state index contributed by atoms with van der Waals surface area (Å²) in [5, 5.41) is 21.9. The third-order valence-corrected chi connectivity index (χ3v) is 6.10. The van der Waals surface area contributed by atoms with E-state index in [9.17, 15) is 24.6 Å². The smallest absolute Gasteiger partial charge is 0.326 e. The molecule has 0 radical (unpaired) electrons. The molecule has 0 aromatic heterocycles. The Morgan fingerprint density at radius 3 is 2.59 bits per heavy atom. The molecule has 1 saturated carbocycles. The lowest BCUT2D eigenvalue weighted by atomic mass is 9.84. The zero-order chi connectivity index (χ0) is 23.5. The van der Waals surface area contributed by atoms with Gasteiger partial charge >= 0.3 is 11.9 Å². The van der Waals surface area contributed by atoms with E-state index >= 15 is 0 Å². The van der Waals surface area contributed by atoms with Crippen LogP contribution in [0.15, 0.2) is 30.3 Å². The first-order valence-electron chi connectivity index (χ1n) is 11.7. The van der Waals surface area contributed by atoms with E-state index in [1.54, 1.807) is 0 Å². The van der Waals surface area contributed by atoms with Crippen LogP contribution >= 0.6 is 0 Å². The van der Waals surface area contributed by atoms with E-state index in [0.29, 0.717) is 19.3 Å². The van der Waals surface area contributed by atoms with Crippen LogP contribution in [-0.4, -0.2) is 57.1 Å². The molecule has 1 aromatic carbocycles. The maximum Gasteiger partial charge on any atom is 0.326 e. The molecule has 0 bridgehead atoms. The molecule has 5 atom stereocenters. The normalized spacial score (nSPS) is 27.8. The maximum atomic E-state index is 13.4. The van der Waals surface area contributed by atoms with Gasteiger partial charge in [0.25, 0.3) is 0 Å². The molecule has 1 amide bonds. The lowest BCUT2D eigenvalue weighted by molar-refractivity contribution is -0.151. The number of aryl methyl sites for hydroxylation is 1. The number of likely N-dealkylation sites (tertiary alicyclic amines) is 1. The summed E-state index contributed by atoms with van der Waals surface area (Å²) in [4.78, 5) is 38.4. The van der Waals surface area contributed by atoms with Crippen LogP contribution in [-0.2, 0) is 20.8 Å². The zero-order valence-electron chi connectivity index (χ0n) is 19.3. The monoisotopic (exact) mass is 405 g/mol. The topological polar surface area (TPSA) is 107 Å². The van der Waals surface area contributed by atoms with Crippen molar-refractivity contribution in [2.75, 3.05) is 0 Å². The zero-order valence-corrected chi connectivity index (χ0v) is 16.3. The molecule has 158 valence electrons. The van der Waals surface area contributed by atoms with Gasteiger partial charge < -0.3 is 15.1 Å². The van der Waals surface area contributed by atoms with Gasteiger partial charge in [0.2, 0.25) is 5.91 Å². The summed E-state index contributed by atoms with van der Waals surface area (Å²) in [5.41, 5.74) is 0.896. The molecule has 0 spiro atoms. The molecule has 2 aliphatic rings. The molecule has 29 heavy (non-hydrogen) atoms. The van der Waals surface area contributed by atoms with Crippen LogP contribution < -0.4 is 5.32 Å². The van der Waals surface area contributed by atoms with Crippen LogP contribution in [0, 0.1) is 5.92 Å². The standard InChI is InChI=1S/C22H30N2O5/c1-14(23-17(21(26)27)12-11-15-7-3-2-4-8-15)20(25)24-18-10-6-5-9-16(18)13-19(24)22(28)29/h2-4,7-8,14,16-19,23H,5-6,9-13H2,1H3,(H,26,27)(H,28,29)/i1D3. The second-order valence-corrected chi connectivity index (χ2v) is 7.96. The molecule has 1 aliphatic carbocycles. The Balaban J connectivity index is 1.81. The summed E-state index contributed by atoms with van der Waals surface area (Å²) < 4.78 is 23.7. The molecular formula is C22H30N2O5. The number of nitrogens with zero attached hydrogens (tertiary/aromatic N) is 1. The number of aliphatic carboxylic acids is 2. The molecule has 1 heterocycles. The number of benzene rings is 1. The first-order valence-corrected chi connectivity index (χ1v) is 10.2. The minimum absolute atomic E-state index is 0.0272. The van der Waals surface area contributed by atoms with E-state index in [0.717, 1.165) is 24.8 Å². The van der Waals surface area contributed by atoms with Gasteiger partial charge in [-0.3, -0.25) is 14.9 Å². The number of nitrogens with one attached hydrogen (secondary N) is 1. The summed E-state index contributed by atoms with van der Waals surface area (Å²) in [7, 11) is 0. The van der Waals surface area contributed by atoms with Gasteiger partial charge in [-0.25, -0.2) is 4.79 Å². The van der Waals surface area contributed by atoms with Crippen molar-refractivity contribution in [2.45, 2.75) is 76.0 Å². The highest BCUT2D eigenvalue weighted by molar-refractivity contribution is 5.88. The first-order chi connectivity index (χ1) is 15.1. The summed E-state index contributed by atoms with van der Waals surface area (Å²) >= 11 is 0. The third kappa shape index (κ3) is 4.96. The van der Waals surface area contributed by atoms with Crippen molar-refractivity contribution in [3.05, 3.63) is 35.9 Å². The second kappa shape index (κ2) is 9.39. The van der Waals surface area contributed by atoms with Crippen LogP contribution in [0.2, 0.25) is 0 Å². The van der Waals surface area contributed by atoms with Crippen LogP contribution in [0.3, 0.4) is 0 Å².